The molecule has 1 aliphatic heterocycles. The van der Waals surface area contributed by atoms with Crippen molar-refractivity contribution in [2.45, 2.75) is 18.9 Å². The highest BCUT2D eigenvalue weighted by Gasteiger charge is 2.45. The predicted octanol–water partition coefficient (Wildman–Crippen LogP) is 2.98. The van der Waals surface area contributed by atoms with Crippen LogP contribution in [0.5, 0.6) is 5.75 Å². The molecule has 3 rings (SSSR count). The molecule has 5 heteroatoms. The smallest absolute Gasteiger partial charge is 0.356 e. The Morgan fingerprint density at radius 1 is 1.17 bits per heavy atom. The first kappa shape index (κ1) is 15.1. The maximum absolute atomic E-state index is 12.0. The number of oxime groups is 1. The largest absolute Gasteiger partial charge is 0.508 e. The minimum Gasteiger partial charge on any atom is -0.508 e. The van der Waals surface area contributed by atoms with E-state index in [9.17, 15) is 9.90 Å². The quantitative estimate of drug-likeness (QED) is 0.881. The van der Waals surface area contributed by atoms with Gasteiger partial charge in [-0.2, -0.15) is 0 Å². The van der Waals surface area contributed by atoms with Crippen LogP contribution in [0.25, 0.3) is 0 Å². The second kappa shape index (κ2) is 6.12. The predicted molar refractivity (Wildman–Crippen MR) is 85.1 cm³/mol. The first-order chi connectivity index (χ1) is 11.2. The third-order valence-corrected chi connectivity index (χ3v) is 3.81. The van der Waals surface area contributed by atoms with Gasteiger partial charge in [-0.1, -0.05) is 47.6 Å². The zero-order valence-electron chi connectivity index (χ0n) is 12.7. The number of nitrogens with zero attached hydrogens (tertiary/aromatic N) is 1. The maximum Gasteiger partial charge on any atom is 0.356 e. The fourth-order valence-electron chi connectivity index (χ4n) is 2.67. The minimum atomic E-state index is -0.892. The SMILES string of the molecule is CCOC(=O)C1=NOC(c2ccccc2)(c2ccc(O)cc2)C1. The lowest BCUT2D eigenvalue weighted by Crippen LogP contribution is -2.29. The number of aromatic hydroxyl groups is 1. The number of carbonyl (C=O) groups excluding carboxylic acids is 1. The first-order valence-corrected chi connectivity index (χ1v) is 7.43. The standard InChI is InChI=1S/C18H17NO4/c1-2-22-17(21)16-12-18(23-19-16,13-6-4-3-5-7-13)14-8-10-15(20)11-9-14/h3-11,20H,2,12H2,1H3. The average Bonchev–Trinajstić information content (AvgIpc) is 3.03. The molecule has 23 heavy (non-hydrogen) atoms. The van der Waals surface area contributed by atoms with E-state index in [2.05, 4.69) is 5.16 Å². The Morgan fingerprint density at radius 3 is 2.48 bits per heavy atom. The summed E-state index contributed by atoms with van der Waals surface area (Å²) in [6, 6.07) is 16.3. The average molecular weight is 311 g/mol. The number of hydrogen-bond acceptors (Lipinski definition) is 5. The van der Waals surface area contributed by atoms with Crippen molar-refractivity contribution in [3.8, 4) is 5.75 Å². The van der Waals surface area contributed by atoms with Gasteiger partial charge in [-0.3, -0.25) is 0 Å². The van der Waals surface area contributed by atoms with Crippen molar-refractivity contribution in [3.63, 3.8) is 0 Å². The Bertz CT molecular complexity index is 724. The van der Waals surface area contributed by atoms with Gasteiger partial charge in [0.1, 0.15) is 5.75 Å². The molecule has 0 aliphatic carbocycles. The van der Waals surface area contributed by atoms with E-state index in [0.29, 0.717) is 0 Å². The van der Waals surface area contributed by atoms with E-state index in [-0.39, 0.29) is 24.5 Å². The van der Waals surface area contributed by atoms with E-state index >= 15 is 0 Å². The summed E-state index contributed by atoms with van der Waals surface area (Å²) in [4.78, 5) is 17.7. The number of ether oxygens (including phenoxy) is 1. The lowest BCUT2D eigenvalue weighted by molar-refractivity contribution is -0.135. The van der Waals surface area contributed by atoms with Gasteiger partial charge in [0.05, 0.1) is 13.0 Å². The monoisotopic (exact) mass is 311 g/mol. The molecule has 0 spiro atoms. The van der Waals surface area contributed by atoms with Crippen molar-refractivity contribution in [2.24, 2.45) is 5.16 Å². The number of carbonyl (C=O) groups is 1. The van der Waals surface area contributed by atoms with Gasteiger partial charge in [-0.05, 0) is 19.1 Å². The number of hydrogen-bond donors (Lipinski definition) is 1. The lowest BCUT2D eigenvalue weighted by atomic mass is 9.82. The Kier molecular flexibility index (Phi) is 4.02. The summed E-state index contributed by atoms with van der Waals surface area (Å²) >= 11 is 0. The van der Waals surface area contributed by atoms with Gasteiger partial charge in [0.25, 0.3) is 0 Å². The van der Waals surface area contributed by atoms with Crippen molar-refractivity contribution < 1.29 is 19.5 Å². The molecule has 1 atom stereocenters. The molecule has 1 heterocycles. The van der Waals surface area contributed by atoms with Crippen LogP contribution in [0.2, 0.25) is 0 Å². The molecule has 0 bridgehead atoms. The molecule has 0 radical (unpaired) electrons. The first-order valence-electron chi connectivity index (χ1n) is 7.43. The Labute approximate surface area is 134 Å². The van der Waals surface area contributed by atoms with Gasteiger partial charge in [0.15, 0.2) is 11.3 Å². The molecule has 0 aromatic heterocycles. The minimum absolute atomic E-state index is 0.168. The van der Waals surface area contributed by atoms with Crippen LogP contribution in [0.4, 0.5) is 0 Å². The molecular formula is C18H17NO4. The molecule has 0 saturated carbocycles. The van der Waals surface area contributed by atoms with E-state index in [1.54, 1.807) is 31.2 Å². The van der Waals surface area contributed by atoms with Crippen LogP contribution in [0.1, 0.15) is 24.5 Å². The van der Waals surface area contributed by atoms with Gasteiger partial charge in [-0.25, -0.2) is 4.79 Å². The van der Waals surface area contributed by atoms with Crippen LogP contribution >= 0.6 is 0 Å². The van der Waals surface area contributed by atoms with Gasteiger partial charge in [0, 0.05) is 11.1 Å². The fraction of sp³-hybridized carbons (Fsp3) is 0.222. The molecule has 1 aliphatic rings. The molecule has 1 unspecified atom stereocenters. The van der Waals surface area contributed by atoms with Crippen molar-refractivity contribution in [1.82, 2.24) is 0 Å². The zero-order chi connectivity index (χ0) is 16.3. The van der Waals surface area contributed by atoms with Gasteiger partial charge in [-0.15, -0.1) is 0 Å². The van der Waals surface area contributed by atoms with Crippen LogP contribution in [-0.4, -0.2) is 23.4 Å². The van der Waals surface area contributed by atoms with Crippen LogP contribution in [0.15, 0.2) is 59.8 Å². The van der Waals surface area contributed by atoms with Crippen LogP contribution in [-0.2, 0) is 20.0 Å². The van der Waals surface area contributed by atoms with Gasteiger partial charge in [0.2, 0.25) is 0 Å². The Hall–Kier alpha value is -2.82. The number of phenolic OH excluding ortho intramolecular Hbond substituents is 1. The second-order valence-corrected chi connectivity index (χ2v) is 5.27. The molecule has 2 aromatic rings. The van der Waals surface area contributed by atoms with E-state index in [4.69, 9.17) is 9.57 Å². The van der Waals surface area contributed by atoms with Crippen LogP contribution in [0, 0.1) is 0 Å². The Balaban J connectivity index is 2.01. The van der Waals surface area contributed by atoms with E-state index < -0.39 is 11.6 Å². The molecule has 118 valence electrons. The highest BCUT2D eigenvalue weighted by atomic mass is 16.7. The van der Waals surface area contributed by atoms with E-state index in [0.717, 1.165) is 11.1 Å². The summed E-state index contributed by atoms with van der Waals surface area (Å²) in [5.41, 5.74) is 1.05. The van der Waals surface area contributed by atoms with Gasteiger partial charge >= 0.3 is 5.97 Å². The molecule has 0 saturated heterocycles. The van der Waals surface area contributed by atoms with E-state index in [1.807, 2.05) is 30.3 Å². The lowest BCUT2D eigenvalue weighted by Gasteiger charge is -2.27. The van der Waals surface area contributed by atoms with Crippen LogP contribution < -0.4 is 0 Å². The second-order valence-electron chi connectivity index (χ2n) is 5.27. The fourth-order valence-corrected chi connectivity index (χ4v) is 2.67. The molecule has 0 amide bonds. The number of esters is 1. The third kappa shape index (κ3) is 2.77. The van der Waals surface area contributed by atoms with Crippen molar-refractivity contribution >= 4 is 11.7 Å². The van der Waals surface area contributed by atoms with Crippen LogP contribution in [0.3, 0.4) is 0 Å². The van der Waals surface area contributed by atoms with Gasteiger partial charge < -0.3 is 14.7 Å². The highest BCUT2D eigenvalue weighted by molar-refractivity contribution is 6.37. The molecule has 1 N–H and O–H groups in total. The Morgan fingerprint density at radius 2 is 1.83 bits per heavy atom. The normalized spacial score (nSPS) is 19.8. The molecule has 0 fully saturated rings. The summed E-state index contributed by atoms with van der Waals surface area (Å²) in [5, 5.41) is 13.5. The highest BCUT2D eigenvalue weighted by Crippen LogP contribution is 2.41. The summed E-state index contributed by atoms with van der Waals surface area (Å²) in [7, 11) is 0. The molecular weight excluding hydrogens is 294 g/mol. The summed E-state index contributed by atoms with van der Waals surface area (Å²) in [5.74, 6) is -0.300. The summed E-state index contributed by atoms with van der Waals surface area (Å²) in [6.45, 7) is 2.04. The summed E-state index contributed by atoms with van der Waals surface area (Å²) in [6.07, 6.45) is 0.278. The molecule has 5 nitrogen and oxygen atoms in total. The summed E-state index contributed by atoms with van der Waals surface area (Å²) < 4.78 is 5.02. The number of phenols is 1. The number of benzene rings is 2. The van der Waals surface area contributed by atoms with Crippen molar-refractivity contribution in [3.05, 3.63) is 65.7 Å². The third-order valence-electron chi connectivity index (χ3n) is 3.81. The van der Waals surface area contributed by atoms with E-state index in [1.165, 1.54) is 0 Å². The molecule has 2 aromatic carbocycles. The maximum atomic E-state index is 12.0. The number of rotatable bonds is 4. The topological polar surface area (TPSA) is 68.1 Å². The van der Waals surface area contributed by atoms with Crippen molar-refractivity contribution in [1.29, 1.82) is 0 Å². The zero-order valence-corrected chi connectivity index (χ0v) is 12.7. The van der Waals surface area contributed by atoms with Crippen molar-refractivity contribution in [2.75, 3.05) is 6.61 Å².